The maximum absolute atomic E-state index is 12.8. The molecule has 0 spiro atoms. The van der Waals surface area contributed by atoms with Crippen molar-refractivity contribution in [1.29, 1.82) is 0 Å². The summed E-state index contributed by atoms with van der Waals surface area (Å²) in [6.07, 6.45) is 2.50. The molecule has 148 valence electrons. The molecule has 2 aromatic carbocycles. The molecule has 0 aliphatic carbocycles. The van der Waals surface area contributed by atoms with Crippen molar-refractivity contribution in [2.24, 2.45) is 5.92 Å². The van der Waals surface area contributed by atoms with Gasteiger partial charge < -0.3 is 14.6 Å². The number of aromatic amines is 1. The van der Waals surface area contributed by atoms with Crippen molar-refractivity contribution in [1.82, 2.24) is 9.88 Å². The zero-order chi connectivity index (χ0) is 20.5. The first-order chi connectivity index (χ1) is 14.0. The van der Waals surface area contributed by atoms with Crippen LogP contribution >= 0.6 is 0 Å². The molecular weight excluding hydrogens is 368 g/mol. The van der Waals surface area contributed by atoms with Crippen LogP contribution in [0.25, 0.3) is 10.9 Å². The lowest BCUT2D eigenvalue weighted by molar-refractivity contribution is -0.142. The molecule has 1 fully saturated rings. The third-order valence-corrected chi connectivity index (χ3v) is 5.58. The van der Waals surface area contributed by atoms with Crippen LogP contribution in [0.4, 0.5) is 0 Å². The van der Waals surface area contributed by atoms with Crippen molar-refractivity contribution in [2.45, 2.75) is 19.4 Å². The lowest BCUT2D eigenvalue weighted by Gasteiger charge is -2.27. The average molecular weight is 390 g/mol. The van der Waals surface area contributed by atoms with Gasteiger partial charge in [0.15, 0.2) is 0 Å². The molecule has 6 nitrogen and oxygen atoms in total. The van der Waals surface area contributed by atoms with E-state index in [4.69, 9.17) is 4.74 Å². The molecule has 1 aromatic heterocycles. The number of carbonyl (C=O) groups excluding carboxylic acids is 3. The van der Waals surface area contributed by atoms with Crippen LogP contribution in [0.1, 0.15) is 24.1 Å². The predicted molar refractivity (Wildman–Crippen MR) is 109 cm³/mol. The van der Waals surface area contributed by atoms with Gasteiger partial charge in [-0.2, -0.15) is 0 Å². The van der Waals surface area contributed by atoms with E-state index in [9.17, 15) is 14.4 Å². The topological polar surface area (TPSA) is 79.5 Å². The van der Waals surface area contributed by atoms with Gasteiger partial charge in [-0.05, 0) is 42.7 Å². The zero-order valence-corrected chi connectivity index (χ0v) is 16.3. The summed E-state index contributed by atoms with van der Waals surface area (Å²) >= 11 is 0. The van der Waals surface area contributed by atoms with Gasteiger partial charge >= 0.3 is 0 Å². The van der Waals surface area contributed by atoms with Crippen LogP contribution < -0.4 is 4.74 Å². The van der Waals surface area contributed by atoms with Crippen molar-refractivity contribution in [3.63, 3.8) is 0 Å². The quantitative estimate of drug-likeness (QED) is 0.518. The molecule has 1 saturated heterocycles. The van der Waals surface area contributed by atoms with Crippen LogP contribution in [0.2, 0.25) is 0 Å². The van der Waals surface area contributed by atoms with E-state index in [1.165, 1.54) is 11.8 Å². The van der Waals surface area contributed by atoms with E-state index >= 15 is 0 Å². The Balaban J connectivity index is 1.67. The number of H-pyrrole nitrogens is 1. The van der Waals surface area contributed by atoms with Crippen LogP contribution in [0.5, 0.6) is 5.75 Å². The van der Waals surface area contributed by atoms with E-state index in [1.807, 2.05) is 36.5 Å². The zero-order valence-electron chi connectivity index (χ0n) is 16.3. The first kappa shape index (κ1) is 18.9. The molecule has 0 radical (unpaired) electrons. The number of nitrogens with zero attached hydrogens (tertiary/aromatic N) is 1. The van der Waals surface area contributed by atoms with Crippen molar-refractivity contribution in [3.05, 3.63) is 65.9 Å². The van der Waals surface area contributed by atoms with Crippen LogP contribution in [-0.4, -0.2) is 41.0 Å². The number of aromatic nitrogens is 1. The molecule has 2 unspecified atom stereocenters. The SMILES string of the molecule is COc1cccc(C2C(C(C)=O)C(=O)C(=O)N2CCc2c[nH]c3ccccc23)c1. The van der Waals surface area contributed by atoms with Gasteiger partial charge in [-0.25, -0.2) is 0 Å². The van der Waals surface area contributed by atoms with E-state index < -0.39 is 23.7 Å². The molecule has 0 bridgehead atoms. The number of carbonyl (C=O) groups is 3. The number of amides is 1. The average Bonchev–Trinajstić information content (AvgIpc) is 3.25. The van der Waals surface area contributed by atoms with Gasteiger partial charge in [0.1, 0.15) is 17.5 Å². The van der Waals surface area contributed by atoms with Gasteiger partial charge in [0.2, 0.25) is 5.78 Å². The Hall–Kier alpha value is -3.41. The summed E-state index contributed by atoms with van der Waals surface area (Å²) in [7, 11) is 1.56. The van der Waals surface area contributed by atoms with E-state index in [-0.39, 0.29) is 5.78 Å². The number of Topliss-reactive ketones (excluding diaryl/α,β-unsaturated/α-hetero) is 2. The lowest BCUT2D eigenvalue weighted by Crippen LogP contribution is -2.32. The van der Waals surface area contributed by atoms with E-state index in [2.05, 4.69) is 4.98 Å². The van der Waals surface area contributed by atoms with Crippen LogP contribution in [-0.2, 0) is 20.8 Å². The Kier molecular flexibility index (Phi) is 4.92. The largest absolute Gasteiger partial charge is 0.497 e. The minimum atomic E-state index is -0.988. The molecule has 2 atom stereocenters. The standard InChI is InChI=1S/C23H22N2O4/c1-14(26)20-21(15-6-5-7-17(12-15)29-2)25(23(28)22(20)27)11-10-16-13-24-19-9-4-3-8-18(16)19/h3-9,12-13,20-21,24H,10-11H2,1-2H3. The molecule has 6 heteroatoms. The summed E-state index contributed by atoms with van der Waals surface area (Å²) in [5.74, 6) is -1.90. The van der Waals surface area contributed by atoms with Crippen LogP contribution in [0, 0.1) is 5.92 Å². The number of benzene rings is 2. The third-order valence-electron chi connectivity index (χ3n) is 5.58. The third kappa shape index (κ3) is 3.31. The van der Waals surface area contributed by atoms with E-state index in [1.54, 1.807) is 25.3 Å². The molecular formula is C23H22N2O4. The molecule has 3 aromatic rings. The molecule has 29 heavy (non-hydrogen) atoms. The molecule has 1 N–H and O–H groups in total. The molecule has 1 aliphatic heterocycles. The lowest BCUT2D eigenvalue weighted by atomic mass is 9.89. The summed E-state index contributed by atoms with van der Waals surface area (Å²) in [5, 5.41) is 1.09. The number of para-hydroxylation sites is 1. The number of ketones is 2. The maximum atomic E-state index is 12.8. The van der Waals surface area contributed by atoms with Crippen LogP contribution in [0.15, 0.2) is 54.7 Å². The van der Waals surface area contributed by atoms with Gasteiger partial charge in [-0.1, -0.05) is 30.3 Å². The first-order valence-electron chi connectivity index (χ1n) is 9.55. The summed E-state index contributed by atoms with van der Waals surface area (Å²) < 4.78 is 5.29. The highest BCUT2D eigenvalue weighted by Gasteiger charge is 2.50. The predicted octanol–water partition coefficient (Wildman–Crippen LogP) is 3.08. The fourth-order valence-corrected chi connectivity index (χ4v) is 4.15. The Morgan fingerprint density at radius 3 is 2.69 bits per heavy atom. The maximum Gasteiger partial charge on any atom is 0.291 e. The minimum Gasteiger partial charge on any atom is -0.497 e. The normalized spacial score (nSPS) is 19.2. The smallest absolute Gasteiger partial charge is 0.291 e. The number of likely N-dealkylation sites (tertiary alicyclic amines) is 1. The Labute approximate surface area is 168 Å². The number of ether oxygens (including phenoxy) is 1. The molecule has 1 amide bonds. The van der Waals surface area contributed by atoms with E-state index in [0.29, 0.717) is 18.7 Å². The number of methoxy groups -OCH3 is 1. The minimum absolute atomic E-state index is 0.300. The first-order valence-corrected chi connectivity index (χ1v) is 9.55. The van der Waals surface area contributed by atoms with Crippen molar-refractivity contribution < 1.29 is 19.1 Å². The number of hydrogen-bond donors (Lipinski definition) is 1. The van der Waals surface area contributed by atoms with Crippen LogP contribution in [0.3, 0.4) is 0 Å². The van der Waals surface area contributed by atoms with Gasteiger partial charge in [-0.15, -0.1) is 0 Å². The van der Waals surface area contributed by atoms with Gasteiger partial charge in [-0.3, -0.25) is 14.4 Å². The molecule has 0 saturated carbocycles. The summed E-state index contributed by atoms with van der Waals surface area (Å²) in [6, 6.07) is 14.5. The summed E-state index contributed by atoms with van der Waals surface area (Å²) in [4.78, 5) is 42.4. The van der Waals surface area contributed by atoms with Crippen molar-refractivity contribution in [3.8, 4) is 5.75 Å². The highest BCUT2D eigenvalue weighted by Crippen LogP contribution is 2.38. The van der Waals surface area contributed by atoms with Crippen molar-refractivity contribution >= 4 is 28.4 Å². The van der Waals surface area contributed by atoms with E-state index in [0.717, 1.165) is 22.0 Å². The number of hydrogen-bond acceptors (Lipinski definition) is 4. The highest BCUT2D eigenvalue weighted by molar-refractivity contribution is 6.42. The van der Waals surface area contributed by atoms with Gasteiger partial charge in [0.05, 0.1) is 13.2 Å². The summed E-state index contributed by atoms with van der Waals surface area (Å²) in [6.45, 7) is 1.71. The molecule has 1 aliphatic rings. The van der Waals surface area contributed by atoms with Gasteiger partial charge in [0.25, 0.3) is 5.91 Å². The Morgan fingerprint density at radius 1 is 1.14 bits per heavy atom. The number of rotatable bonds is 6. The second-order valence-electron chi connectivity index (χ2n) is 7.28. The fraction of sp³-hybridized carbons (Fsp3) is 0.261. The molecule has 4 rings (SSSR count). The Morgan fingerprint density at radius 2 is 1.93 bits per heavy atom. The monoisotopic (exact) mass is 390 g/mol. The highest BCUT2D eigenvalue weighted by atomic mass is 16.5. The second kappa shape index (κ2) is 7.54. The summed E-state index contributed by atoms with van der Waals surface area (Å²) in [5.41, 5.74) is 2.82. The fourth-order valence-electron chi connectivity index (χ4n) is 4.15. The molecule has 2 heterocycles. The van der Waals surface area contributed by atoms with Crippen molar-refractivity contribution in [2.75, 3.05) is 13.7 Å². The number of nitrogens with one attached hydrogen (secondary N) is 1. The Bertz CT molecular complexity index is 1100. The van der Waals surface area contributed by atoms with Gasteiger partial charge in [0, 0.05) is 23.6 Å². The second-order valence-corrected chi connectivity index (χ2v) is 7.28. The number of fused-ring (bicyclic) bond motifs is 1.